The summed E-state index contributed by atoms with van der Waals surface area (Å²) < 4.78 is 5.22. The smallest absolute Gasteiger partial charge is 0.0434 e. The van der Waals surface area contributed by atoms with Crippen LogP contribution in [0.3, 0.4) is 0 Å². The van der Waals surface area contributed by atoms with Crippen LogP contribution >= 0.6 is 22.7 Å². The minimum atomic E-state index is 1.17. The van der Waals surface area contributed by atoms with E-state index in [0.29, 0.717) is 0 Å². The molecule has 2 aromatic heterocycles. The van der Waals surface area contributed by atoms with Gasteiger partial charge in [0.1, 0.15) is 0 Å². The molecule has 0 amide bonds. The Morgan fingerprint density at radius 3 is 0.837 bits per heavy atom. The third kappa shape index (κ3) is 9.25. The fourth-order valence-electron chi connectivity index (χ4n) is 15.9. The van der Waals surface area contributed by atoms with Crippen LogP contribution in [0.1, 0.15) is 0 Å². The third-order valence-corrected chi connectivity index (χ3v) is 23.2. The lowest BCUT2D eigenvalue weighted by Gasteiger charge is -2.14. The van der Waals surface area contributed by atoms with E-state index >= 15 is 0 Å². The monoisotopic (exact) mass is 1270 g/mol. The molecule has 454 valence electrons. The fourth-order valence-corrected chi connectivity index (χ4v) is 18.6. The maximum absolute atomic E-state index is 2.47. The molecule has 98 heavy (non-hydrogen) atoms. The first-order valence-electron chi connectivity index (χ1n) is 33.8. The van der Waals surface area contributed by atoms with Crippen molar-refractivity contribution in [2.24, 2.45) is 0 Å². The van der Waals surface area contributed by atoms with Crippen LogP contribution in [0.25, 0.3) is 205 Å². The maximum atomic E-state index is 2.47. The highest BCUT2D eigenvalue weighted by Gasteiger charge is 2.21. The van der Waals surface area contributed by atoms with Crippen molar-refractivity contribution in [2.45, 2.75) is 0 Å². The highest BCUT2D eigenvalue weighted by molar-refractivity contribution is 7.27. The molecule has 0 fully saturated rings. The summed E-state index contributed by atoms with van der Waals surface area (Å²) in [6.45, 7) is 0. The van der Waals surface area contributed by atoms with Crippen LogP contribution < -0.4 is 0 Å². The standard InChI is InChI=1S/C96H58S2/c1-3-20-59(21-4-1)69-52-70(54-71(53-69)64-25-15-24-63(50-64)65-46-48-84-80-32-9-7-28-76(80)78-30-11-13-34-82(78)90(84)55-65)60-42-44-61(45-43-60)72-57-89(68-47-49-85-81-33-10-8-29-77(81)79-31-12-14-35-83(79)91(85)56-68)96-92(58-72)88-41-19-38-75(95(88)98-96)67-27-16-26-66(51-67)74-37-18-40-87-86-39-17-36-73(93(86)97-94(74)87)62-22-5-2-6-23-62/h1-58H. The van der Waals surface area contributed by atoms with Gasteiger partial charge in [-0.2, -0.15) is 0 Å². The first-order chi connectivity index (χ1) is 48.6. The van der Waals surface area contributed by atoms with Gasteiger partial charge in [0, 0.05) is 45.9 Å². The molecule has 0 radical (unpaired) electrons. The Balaban J connectivity index is 0.717. The van der Waals surface area contributed by atoms with E-state index in [1.54, 1.807) is 0 Å². The molecule has 2 heteroatoms. The quantitative estimate of drug-likeness (QED) is 0.126. The Labute approximate surface area is 575 Å². The van der Waals surface area contributed by atoms with Gasteiger partial charge < -0.3 is 0 Å². The van der Waals surface area contributed by atoms with E-state index < -0.39 is 0 Å². The molecule has 0 aliphatic heterocycles. The van der Waals surface area contributed by atoms with Crippen molar-refractivity contribution in [1.82, 2.24) is 0 Å². The molecule has 0 bridgehead atoms. The number of fused-ring (bicyclic) bond motifs is 18. The molecule has 20 rings (SSSR count). The zero-order valence-electron chi connectivity index (χ0n) is 53.3. The number of hydrogen-bond donors (Lipinski definition) is 0. The van der Waals surface area contributed by atoms with Crippen LogP contribution in [0.15, 0.2) is 352 Å². The van der Waals surface area contributed by atoms with E-state index in [9.17, 15) is 0 Å². The van der Waals surface area contributed by atoms with E-state index in [0.717, 1.165) is 0 Å². The van der Waals surface area contributed by atoms with Gasteiger partial charge in [0.15, 0.2) is 0 Å². The molecule has 18 aromatic carbocycles. The van der Waals surface area contributed by atoms with Crippen molar-refractivity contribution in [3.8, 4) is 100 Å². The SMILES string of the molecule is c1ccc(-c2cc(-c3ccc(-c4cc(-c5ccc6c7ccccc7c7ccccc7c6c5)c5sc6c(-c7cccc(-c8cccc9c8sc8c(-c%10ccccc%10)cccc89)c7)cccc6c5c4)cc3)cc(-c3cccc(-c4ccc5c6ccccc6c6ccccc6c5c4)c3)c2)cc1. The van der Waals surface area contributed by atoms with Gasteiger partial charge in [-0.05, 0) is 214 Å². The number of benzene rings is 18. The van der Waals surface area contributed by atoms with Crippen LogP contribution in [-0.4, -0.2) is 0 Å². The van der Waals surface area contributed by atoms with E-state index in [1.165, 1.54) is 205 Å². The predicted octanol–water partition coefficient (Wildman–Crippen LogP) is 28.3. The van der Waals surface area contributed by atoms with Crippen molar-refractivity contribution in [1.29, 1.82) is 0 Å². The van der Waals surface area contributed by atoms with Crippen molar-refractivity contribution >= 4 is 128 Å². The molecule has 0 saturated heterocycles. The predicted molar refractivity (Wildman–Crippen MR) is 426 cm³/mol. The molecule has 0 spiro atoms. The van der Waals surface area contributed by atoms with Crippen molar-refractivity contribution in [2.75, 3.05) is 0 Å². The molecule has 0 nitrogen and oxygen atoms in total. The molecule has 0 N–H and O–H groups in total. The summed E-state index contributed by atoms with van der Waals surface area (Å²) in [6.07, 6.45) is 0. The Bertz CT molecular complexity index is 6580. The first-order valence-corrected chi connectivity index (χ1v) is 35.4. The number of hydrogen-bond acceptors (Lipinski definition) is 2. The molecule has 2 heterocycles. The molecule has 20 aromatic rings. The molecule has 0 aliphatic carbocycles. The second-order valence-electron chi connectivity index (χ2n) is 26.1. The Morgan fingerprint density at radius 1 is 0.112 bits per heavy atom. The van der Waals surface area contributed by atoms with E-state index in [4.69, 9.17) is 0 Å². The van der Waals surface area contributed by atoms with Gasteiger partial charge >= 0.3 is 0 Å². The average molecular weight is 1280 g/mol. The zero-order valence-corrected chi connectivity index (χ0v) is 54.9. The molecule has 0 saturated carbocycles. The Morgan fingerprint density at radius 2 is 0.357 bits per heavy atom. The summed E-state index contributed by atoms with van der Waals surface area (Å²) in [4.78, 5) is 0. The highest BCUT2D eigenvalue weighted by Crippen LogP contribution is 2.50. The van der Waals surface area contributed by atoms with E-state index in [2.05, 4.69) is 352 Å². The summed E-state index contributed by atoms with van der Waals surface area (Å²) in [7, 11) is 0. The van der Waals surface area contributed by atoms with Crippen molar-refractivity contribution in [3.63, 3.8) is 0 Å². The minimum Gasteiger partial charge on any atom is -0.134 e. The van der Waals surface area contributed by atoms with Crippen molar-refractivity contribution < 1.29 is 0 Å². The zero-order chi connectivity index (χ0) is 64.4. The van der Waals surface area contributed by atoms with Gasteiger partial charge in [0.05, 0.1) is 0 Å². The third-order valence-electron chi connectivity index (χ3n) is 20.6. The number of rotatable bonds is 9. The molecule has 0 atom stereocenters. The lowest BCUT2D eigenvalue weighted by Crippen LogP contribution is -1.88. The summed E-state index contributed by atoms with van der Waals surface area (Å²) >= 11 is 3.84. The normalized spacial score (nSPS) is 11.9. The van der Waals surface area contributed by atoms with Crippen LogP contribution in [0, 0.1) is 0 Å². The van der Waals surface area contributed by atoms with Crippen LogP contribution in [-0.2, 0) is 0 Å². The summed E-state index contributed by atoms with van der Waals surface area (Å²) in [5.41, 5.74) is 21.7. The largest absolute Gasteiger partial charge is 0.134 e. The first kappa shape index (κ1) is 56.3. The average Bonchev–Trinajstić information content (AvgIpc) is 1.24. The lowest BCUT2D eigenvalue weighted by molar-refractivity contribution is 1.56. The van der Waals surface area contributed by atoms with Gasteiger partial charge in [-0.1, -0.05) is 297 Å². The summed E-state index contributed by atoms with van der Waals surface area (Å²) in [5.74, 6) is 0. The van der Waals surface area contributed by atoms with Gasteiger partial charge in [-0.3, -0.25) is 0 Å². The second-order valence-corrected chi connectivity index (χ2v) is 28.2. The Hall–Kier alpha value is -12.0. The van der Waals surface area contributed by atoms with Gasteiger partial charge in [0.25, 0.3) is 0 Å². The fraction of sp³-hybridized carbons (Fsp3) is 0. The van der Waals surface area contributed by atoms with Gasteiger partial charge in [0.2, 0.25) is 0 Å². The van der Waals surface area contributed by atoms with Crippen molar-refractivity contribution in [3.05, 3.63) is 352 Å². The molecular weight excluding hydrogens is 1220 g/mol. The van der Waals surface area contributed by atoms with Gasteiger partial charge in [-0.25, -0.2) is 0 Å². The maximum Gasteiger partial charge on any atom is 0.0434 e. The molecular formula is C96H58S2. The summed E-state index contributed by atoms with van der Waals surface area (Å²) in [6, 6.07) is 132. The lowest BCUT2D eigenvalue weighted by atomic mass is 9.89. The van der Waals surface area contributed by atoms with Gasteiger partial charge in [-0.15, -0.1) is 22.7 Å². The van der Waals surface area contributed by atoms with Crippen LogP contribution in [0.2, 0.25) is 0 Å². The number of thiophene rings is 2. The molecule has 0 aliphatic rings. The van der Waals surface area contributed by atoms with E-state index in [1.807, 2.05) is 22.7 Å². The van der Waals surface area contributed by atoms with Crippen LogP contribution in [0.5, 0.6) is 0 Å². The summed E-state index contributed by atoms with van der Waals surface area (Å²) in [5, 5.41) is 20.5. The Kier molecular flexibility index (Phi) is 13.1. The van der Waals surface area contributed by atoms with Crippen LogP contribution in [0.4, 0.5) is 0 Å². The highest BCUT2D eigenvalue weighted by atomic mass is 32.1. The molecule has 0 unspecified atom stereocenters. The topological polar surface area (TPSA) is 0 Å². The van der Waals surface area contributed by atoms with E-state index in [-0.39, 0.29) is 0 Å². The minimum absolute atomic E-state index is 1.17. The second kappa shape index (κ2) is 22.8.